The van der Waals surface area contributed by atoms with Crippen LogP contribution in [-0.4, -0.2) is 21.4 Å². The first kappa shape index (κ1) is 15.7. The van der Waals surface area contributed by atoms with Gasteiger partial charge in [0.05, 0.1) is 17.4 Å². The molecule has 1 saturated heterocycles. The van der Waals surface area contributed by atoms with Crippen molar-refractivity contribution in [2.45, 2.75) is 31.2 Å². The smallest absolute Gasteiger partial charge is 0.235 e. The SMILES string of the molecule is O=C1NC(=O)[C@H](c2cn3c4c(cccc24)CCC3)[C@H]1c1c[nH]c2ccccc12. The molecule has 0 saturated carbocycles. The monoisotopic (exact) mass is 369 g/mol. The van der Waals surface area contributed by atoms with Gasteiger partial charge in [-0.1, -0.05) is 36.4 Å². The van der Waals surface area contributed by atoms with Crippen molar-refractivity contribution in [1.29, 1.82) is 0 Å². The molecule has 0 bridgehead atoms. The molecule has 4 aromatic rings. The van der Waals surface area contributed by atoms with Crippen molar-refractivity contribution in [3.05, 3.63) is 71.5 Å². The maximum Gasteiger partial charge on any atom is 0.235 e. The molecule has 0 aliphatic carbocycles. The number of para-hydroxylation sites is 2. The molecule has 0 unspecified atom stereocenters. The molecule has 2 aliphatic heterocycles. The summed E-state index contributed by atoms with van der Waals surface area (Å²) in [5.74, 6) is -1.45. The average Bonchev–Trinajstić information content (AvgIpc) is 3.37. The molecule has 5 heteroatoms. The molecule has 2 aromatic carbocycles. The van der Waals surface area contributed by atoms with Crippen LogP contribution in [0.5, 0.6) is 0 Å². The van der Waals surface area contributed by atoms with Crippen molar-refractivity contribution >= 4 is 33.6 Å². The summed E-state index contributed by atoms with van der Waals surface area (Å²) in [5, 5.41) is 4.68. The number of carbonyl (C=O) groups is 2. The van der Waals surface area contributed by atoms with Crippen molar-refractivity contribution in [2.24, 2.45) is 0 Å². The highest BCUT2D eigenvalue weighted by atomic mass is 16.2. The molecular weight excluding hydrogens is 350 g/mol. The van der Waals surface area contributed by atoms with Crippen molar-refractivity contribution in [3.63, 3.8) is 0 Å². The number of nitrogens with one attached hydrogen (secondary N) is 2. The first-order chi connectivity index (χ1) is 13.7. The zero-order valence-corrected chi connectivity index (χ0v) is 15.2. The van der Waals surface area contributed by atoms with Crippen LogP contribution in [-0.2, 0) is 22.6 Å². The third-order valence-electron chi connectivity index (χ3n) is 6.29. The number of nitrogens with zero attached hydrogens (tertiary/aromatic N) is 1. The van der Waals surface area contributed by atoms with Gasteiger partial charge in [0.25, 0.3) is 0 Å². The van der Waals surface area contributed by atoms with E-state index in [0.29, 0.717) is 0 Å². The van der Waals surface area contributed by atoms with Gasteiger partial charge >= 0.3 is 0 Å². The van der Waals surface area contributed by atoms with E-state index in [9.17, 15) is 9.59 Å². The summed E-state index contributed by atoms with van der Waals surface area (Å²) in [7, 11) is 0. The molecule has 5 nitrogen and oxygen atoms in total. The van der Waals surface area contributed by atoms with Gasteiger partial charge < -0.3 is 9.55 Å². The Labute approximate surface area is 161 Å². The highest BCUT2D eigenvalue weighted by Gasteiger charge is 2.45. The van der Waals surface area contributed by atoms with Crippen LogP contribution < -0.4 is 5.32 Å². The number of hydrogen-bond acceptors (Lipinski definition) is 2. The zero-order chi connectivity index (χ0) is 18.8. The lowest BCUT2D eigenvalue weighted by molar-refractivity contribution is -0.125. The predicted molar refractivity (Wildman–Crippen MR) is 107 cm³/mol. The second kappa shape index (κ2) is 5.58. The highest BCUT2D eigenvalue weighted by Crippen LogP contribution is 2.44. The van der Waals surface area contributed by atoms with Gasteiger partial charge in [-0.05, 0) is 35.6 Å². The number of carbonyl (C=O) groups excluding carboxylic acids is 2. The number of aromatic nitrogens is 2. The minimum atomic E-state index is -0.521. The fourth-order valence-electron chi connectivity index (χ4n) is 5.10. The Morgan fingerprint density at radius 2 is 1.68 bits per heavy atom. The summed E-state index contributed by atoms with van der Waals surface area (Å²) in [4.78, 5) is 29.0. The molecule has 138 valence electrons. The van der Waals surface area contributed by atoms with Crippen molar-refractivity contribution in [3.8, 4) is 0 Å². The van der Waals surface area contributed by atoms with Crippen LogP contribution >= 0.6 is 0 Å². The second-order valence-electron chi connectivity index (χ2n) is 7.79. The van der Waals surface area contributed by atoms with Crippen LogP contribution in [0.2, 0.25) is 0 Å². The summed E-state index contributed by atoms with van der Waals surface area (Å²) in [6.45, 7) is 0.952. The minimum Gasteiger partial charge on any atom is -0.361 e. The third kappa shape index (κ3) is 2.01. The zero-order valence-electron chi connectivity index (χ0n) is 15.2. The van der Waals surface area contributed by atoms with Crippen LogP contribution in [0.3, 0.4) is 0 Å². The molecule has 4 heterocycles. The lowest BCUT2D eigenvalue weighted by atomic mass is 9.83. The predicted octanol–water partition coefficient (Wildman–Crippen LogP) is 3.59. The van der Waals surface area contributed by atoms with Gasteiger partial charge in [-0.25, -0.2) is 0 Å². The first-order valence-electron chi connectivity index (χ1n) is 9.74. The normalized spacial score (nSPS) is 21.6. The van der Waals surface area contributed by atoms with Gasteiger partial charge in [-0.15, -0.1) is 0 Å². The van der Waals surface area contributed by atoms with Crippen molar-refractivity contribution in [1.82, 2.24) is 14.9 Å². The van der Waals surface area contributed by atoms with Crippen LogP contribution in [0.4, 0.5) is 0 Å². The molecule has 0 radical (unpaired) electrons. The molecule has 0 spiro atoms. The molecule has 28 heavy (non-hydrogen) atoms. The van der Waals surface area contributed by atoms with E-state index in [1.54, 1.807) is 0 Å². The van der Waals surface area contributed by atoms with E-state index in [0.717, 1.165) is 46.8 Å². The fraction of sp³-hybridized carbons (Fsp3) is 0.217. The van der Waals surface area contributed by atoms with Gasteiger partial charge in [-0.3, -0.25) is 14.9 Å². The quantitative estimate of drug-likeness (QED) is 0.530. The summed E-state index contributed by atoms with van der Waals surface area (Å²) >= 11 is 0. The Kier molecular flexibility index (Phi) is 3.13. The Morgan fingerprint density at radius 1 is 0.893 bits per heavy atom. The number of amides is 2. The maximum absolute atomic E-state index is 12.9. The van der Waals surface area contributed by atoms with Gasteiger partial charge in [0.2, 0.25) is 11.8 Å². The number of aryl methyl sites for hydroxylation is 2. The molecule has 2 aromatic heterocycles. The number of hydrogen-bond donors (Lipinski definition) is 2. The van der Waals surface area contributed by atoms with Crippen LogP contribution in [0, 0.1) is 0 Å². The van der Waals surface area contributed by atoms with Gasteiger partial charge in [0.15, 0.2) is 0 Å². The molecule has 2 atom stereocenters. The van der Waals surface area contributed by atoms with E-state index in [4.69, 9.17) is 0 Å². The van der Waals surface area contributed by atoms with Crippen LogP contribution in [0.25, 0.3) is 21.8 Å². The van der Waals surface area contributed by atoms with E-state index in [1.807, 2.05) is 30.5 Å². The number of imide groups is 1. The summed E-state index contributed by atoms with van der Waals surface area (Å²) in [6.07, 6.45) is 6.13. The van der Waals surface area contributed by atoms with E-state index >= 15 is 0 Å². The Morgan fingerprint density at radius 3 is 2.57 bits per heavy atom. The number of fused-ring (bicyclic) bond motifs is 1. The van der Waals surface area contributed by atoms with E-state index in [-0.39, 0.29) is 11.8 Å². The third-order valence-corrected chi connectivity index (χ3v) is 6.29. The molecular formula is C23H19N3O2. The largest absolute Gasteiger partial charge is 0.361 e. The molecule has 2 aliphatic rings. The van der Waals surface area contributed by atoms with Crippen LogP contribution in [0.15, 0.2) is 54.9 Å². The molecule has 2 amide bonds. The first-order valence-corrected chi connectivity index (χ1v) is 9.74. The summed E-state index contributed by atoms with van der Waals surface area (Å²) < 4.78 is 2.26. The standard InChI is InChI=1S/C23H19N3O2/c27-22-19(16-11-24-18-9-2-1-7-14(16)18)20(23(28)25-22)17-12-26-10-4-6-13-5-3-8-15(17)21(13)26/h1-3,5,7-9,11-12,19-20,24H,4,6,10H2,(H,25,27,28)/t19-,20-/m1/s1. The minimum absolute atomic E-state index is 0.205. The number of H-pyrrole nitrogens is 1. The Bertz CT molecular complexity index is 1280. The second-order valence-corrected chi connectivity index (χ2v) is 7.79. The van der Waals surface area contributed by atoms with E-state index < -0.39 is 11.8 Å². The Hall–Kier alpha value is -3.34. The maximum atomic E-state index is 12.9. The lowest BCUT2D eigenvalue weighted by Crippen LogP contribution is -2.21. The van der Waals surface area contributed by atoms with E-state index in [1.165, 1.54) is 11.1 Å². The van der Waals surface area contributed by atoms with Crippen molar-refractivity contribution in [2.75, 3.05) is 0 Å². The average molecular weight is 369 g/mol. The van der Waals surface area contributed by atoms with Gasteiger partial charge in [0, 0.05) is 35.2 Å². The van der Waals surface area contributed by atoms with E-state index in [2.05, 4.69) is 39.3 Å². The van der Waals surface area contributed by atoms with Gasteiger partial charge in [0.1, 0.15) is 0 Å². The molecule has 2 N–H and O–H groups in total. The molecule has 6 rings (SSSR count). The number of benzene rings is 2. The van der Waals surface area contributed by atoms with Crippen LogP contribution in [0.1, 0.15) is 34.9 Å². The molecule has 1 fully saturated rings. The lowest BCUT2D eigenvalue weighted by Gasteiger charge is -2.15. The summed E-state index contributed by atoms with van der Waals surface area (Å²) in [5.41, 5.74) is 5.36. The van der Waals surface area contributed by atoms with Gasteiger partial charge in [-0.2, -0.15) is 0 Å². The summed E-state index contributed by atoms with van der Waals surface area (Å²) in [6, 6.07) is 14.2. The highest BCUT2D eigenvalue weighted by molar-refractivity contribution is 6.13. The fourth-order valence-corrected chi connectivity index (χ4v) is 5.10. The topological polar surface area (TPSA) is 66.9 Å². The number of rotatable bonds is 2. The Balaban J connectivity index is 1.58. The number of aromatic amines is 1. The van der Waals surface area contributed by atoms with Crippen molar-refractivity contribution < 1.29 is 9.59 Å².